The largest absolute Gasteiger partial charge is 0.353 e. The van der Waals surface area contributed by atoms with Crippen LogP contribution < -0.4 is 5.32 Å². The maximum atomic E-state index is 12.2. The second kappa shape index (κ2) is 8.03. The van der Waals surface area contributed by atoms with Gasteiger partial charge in [-0.25, -0.2) is 8.42 Å². The van der Waals surface area contributed by atoms with Crippen LogP contribution in [0.4, 0.5) is 0 Å². The summed E-state index contributed by atoms with van der Waals surface area (Å²) >= 11 is 6.12. The van der Waals surface area contributed by atoms with E-state index in [1.165, 1.54) is 4.31 Å². The number of carbonyl (C=O) groups excluding carboxylic acids is 1. The van der Waals surface area contributed by atoms with Gasteiger partial charge in [-0.15, -0.1) is 0 Å². The zero-order chi connectivity index (χ0) is 17.9. The lowest BCUT2D eigenvalue weighted by molar-refractivity contribution is -0.121. The summed E-state index contributed by atoms with van der Waals surface area (Å²) in [4.78, 5) is 14.6. The van der Waals surface area contributed by atoms with Crippen LogP contribution in [0.5, 0.6) is 0 Å². The molecule has 8 heteroatoms. The fourth-order valence-corrected chi connectivity index (χ4v) is 5.19. The van der Waals surface area contributed by atoms with E-state index in [4.69, 9.17) is 11.6 Å². The second-order valence-corrected chi connectivity index (χ2v) is 9.15. The van der Waals surface area contributed by atoms with E-state index in [0.717, 1.165) is 31.5 Å². The number of hydrogen-bond acceptors (Lipinski definition) is 4. The lowest BCUT2D eigenvalue weighted by Gasteiger charge is -2.28. The minimum absolute atomic E-state index is 0.0559. The van der Waals surface area contributed by atoms with Crippen molar-refractivity contribution in [1.82, 2.24) is 14.5 Å². The fraction of sp³-hybridized carbons (Fsp3) is 0.588. The maximum absolute atomic E-state index is 12.2. The van der Waals surface area contributed by atoms with Gasteiger partial charge in [0.2, 0.25) is 15.9 Å². The molecule has 2 aliphatic heterocycles. The van der Waals surface area contributed by atoms with Crippen LogP contribution in [0.15, 0.2) is 24.3 Å². The van der Waals surface area contributed by atoms with Gasteiger partial charge in [0, 0.05) is 18.1 Å². The molecule has 1 aromatic rings. The molecule has 0 aromatic heterocycles. The summed E-state index contributed by atoms with van der Waals surface area (Å²) in [6.07, 6.45) is 2.89. The topological polar surface area (TPSA) is 69.7 Å². The highest BCUT2D eigenvalue weighted by Crippen LogP contribution is 2.26. The normalized spacial score (nSPS) is 22.1. The number of hydrogen-bond donors (Lipinski definition) is 1. The van der Waals surface area contributed by atoms with E-state index in [-0.39, 0.29) is 24.2 Å². The van der Waals surface area contributed by atoms with Gasteiger partial charge in [0.25, 0.3) is 0 Å². The molecule has 25 heavy (non-hydrogen) atoms. The van der Waals surface area contributed by atoms with E-state index in [0.29, 0.717) is 24.5 Å². The predicted octanol–water partition coefficient (Wildman–Crippen LogP) is 1.63. The molecule has 0 bridgehead atoms. The molecule has 2 saturated heterocycles. The summed E-state index contributed by atoms with van der Waals surface area (Å²) in [7, 11) is -3.25. The molecule has 138 valence electrons. The molecule has 1 aromatic carbocycles. The van der Waals surface area contributed by atoms with Crippen molar-refractivity contribution in [1.29, 1.82) is 0 Å². The standard InChI is InChI=1S/C17H24ClN3O3S/c18-15-6-3-5-14(11-15)16(20-7-1-2-8-20)12-19-17(22)13-21-9-4-10-25(21,23)24/h3,5-6,11,16H,1-2,4,7-10,12-13H2,(H,19,22). The smallest absolute Gasteiger partial charge is 0.235 e. The van der Waals surface area contributed by atoms with Crippen LogP contribution >= 0.6 is 11.6 Å². The molecule has 0 spiro atoms. The zero-order valence-corrected chi connectivity index (χ0v) is 15.7. The van der Waals surface area contributed by atoms with Gasteiger partial charge in [0.1, 0.15) is 0 Å². The van der Waals surface area contributed by atoms with Crippen molar-refractivity contribution in [3.63, 3.8) is 0 Å². The van der Waals surface area contributed by atoms with Crippen LogP contribution in [0.1, 0.15) is 30.9 Å². The lowest BCUT2D eigenvalue weighted by Crippen LogP contribution is -2.42. The summed E-state index contributed by atoms with van der Waals surface area (Å²) < 4.78 is 24.9. The van der Waals surface area contributed by atoms with Crippen molar-refractivity contribution in [3.8, 4) is 0 Å². The third kappa shape index (κ3) is 4.73. The minimum Gasteiger partial charge on any atom is -0.353 e. The molecule has 0 aliphatic carbocycles. The molecule has 1 unspecified atom stereocenters. The van der Waals surface area contributed by atoms with Crippen molar-refractivity contribution in [2.45, 2.75) is 25.3 Å². The Kier molecular flexibility index (Phi) is 5.99. The fourth-order valence-electron chi connectivity index (χ4n) is 3.52. The average molecular weight is 386 g/mol. The molecular formula is C17H24ClN3O3S. The van der Waals surface area contributed by atoms with Crippen LogP contribution in [0.3, 0.4) is 0 Å². The summed E-state index contributed by atoms with van der Waals surface area (Å²) in [5, 5.41) is 3.59. The van der Waals surface area contributed by atoms with E-state index >= 15 is 0 Å². The number of sulfonamides is 1. The van der Waals surface area contributed by atoms with Gasteiger partial charge in [-0.2, -0.15) is 4.31 Å². The Bertz CT molecular complexity index is 720. The average Bonchev–Trinajstić information content (AvgIpc) is 3.18. The van der Waals surface area contributed by atoms with Gasteiger partial charge < -0.3 is 5.32 Å². The number of rotatable bonds is 6. The number of nitrogens with one attached hydrogen (secondary N) is 1. The maximum Gasteiger partial charge on any atom is 0.235 e. The Hall–Kier alpha value is -1.15. The van der Waals surface area contributed by atoms with Crippen LogP contribution in [0.25, 0.3) is 0 Å². The summed E-state index contributed by atoms with van der Waals surface area (Å²) in [6, 6.07) is 7.76. The molecular weight excluding hydrogens is 362 g/mol. The first-order valence-electron chi connectivity index (χ1n) is 8.70. The minimum atomic E-state index is -3.25. The Labute approximate surface area is 154 Å². The Balaban J connectivity index is 1.63. The monoisotopic (exact) mass is 385 g/mol. The van der Waals surface area contributed by atoms with Crippen molar-refractivity contribution >= 4 is 27.5 Å². The van der Waals surface area contributed by atoms with Crippen molar-refractivity contribution < 1.29 is 13.2 Å². The first-order chi connectivity index (χ1) is 12.0. The van der Waals surface area contributed by atoms with Gasteiger partial charge in [-0.3, -0.25) is 9.69 Å². The number of carbonyl (C=O) groups is 1. The van der Waals surface area contributed by atoms with Crippen LogP contribution in [0.2, 0.25) is 5.02 Å². The van der Waals surface area contributed by atoms with Crippen molar-refractivity contribution in [3.05, 3.63) is 34.9 Å². The van der Waals surface area contributed by atoms with Gasteiger partial charge in [0.05, 0.1) is 18.3 Å². The van der Waals surface area contributed by atoms with Crippen LogP contribution in [0, 0.1) is 0 Å². The lowest BCUT2D eigenvalue weighted by atomic mass is 10.1. The second-order valence-electron chi connectivity index (χ2n) is 6.62. The van der Waals surface area contributed by atoms with Gasteiger partial charge in [-0.1, -0.05) is 23.7 Å². The number of likely N-dealkylation sites (tertiary alicyclic amines) is 1. The molecule has 2 aliphatic rings. The van der Waals surface area contributed by atoms with E-state index in [2.05, 4.69) is 10.2 Å². The quantitative estimate of drug-likeness (QED) is 0.808. The van der Waals surface area contributed by atoms with E-state index < -0.39 is 10.0 Å². The van der Waals surface area contributed by atoms with E-state index in [1.54, 1.807) is 0 Å². The molecule has 6 nitrogen and oxygen atoms in total. The predicted molar refractivity (Wildman–Crippen MR) is 98.0 cm³/mol. The van der Waals surface area contributed by atoms with E-state index in [9.17, 15) is 13.2 Å². The van der Waals surface area contributed by atoms with Crippen LogP contribution in [-0.4, -0.2) is 62.0 Å². The van der Waals surface area contributed by atoms with Crippen LogP contribution in [-0.2, 0) is 14.8 Å². The molecule has 0 saturated carbocycles. The van der Waals surface area contributed by atoms with Crippen molar-refractivity contribution in [2.24, 2.45) is 0 Å². The molecule has 0 radical (unpaired) electrons. The SMILES string of the molecule is O=C(CN1CCCS1(=O)=O)NCC(c1cccc(Cl)c1)N1CCCC1. The molecule has 1 amide bonds. The van der Waals surface area contributed by atoms with E-state index in [1.807, 2.05) is 24.3 Å². The molecule has 1 N–H and O–H groups in total. The Morgan fingerprint density at radius 2 is 1.96 bits per heavy atom. The summed E-state index contributed by atoms with van der Waals surface area (Å²) in [5.41, 5.74) is 1.07. The Morgan fingerprint density at radius 3 is 2.60 bits per heavy atom. The highest BCUT2D eigenvalue weighted by Gasteiger charge is 2.30. The molecule has 2 heterocycles. The molecule has 1 atom stereocenters. The Morgan fingerprint density at radius 1 is 1.20 bits per heavy atom. The van der Waals surface area contributed by atoms with Gasteiger partial charge >= 0.3 is 0 Å². The first kappa shape index (κ1) is 18.6. The van der Waals surface area contributed by atoms with Gasteiger partial charge in [0.15, 0.2) is 0 Å². The summed E-state index contributed by atoms with van der Waals surface area (Å²) in [6.45, 7) is 2.78. The van der Waals surface area contributed by atoms with Crippen molar-refractivity contribution in [2.75, 3.05) is 38.5 Å². The van der Waals surface area contributed by atoms with Gasteiger partial charge in [-0.05, 0) is 50.0 Å². The third-order valence-corrected chi connectivity index (χ3v) is 6.97. The summed E-state index contributed by atoms with van der Waals surface area (Å²) in [5.74, 6) is -0.115. The molecule has 2 fully saturated rings. The number of amides is 1. The highest BCUT2D eigenvalue weighted by molar-refractivity contribution is 7.89. The third-order valence-electron chi connectivity index (χ3n) is 4.83. The number of nitrogens with zero attached hydrogens (tertiary/aromatic N) is 2. The highest BCUT2D eigenvalue weighted by atomic mass is 35.5. The molecule has 3 rings (SSSR count). The number of halogens is 1. The first-order valence-corrected chi connectivity index (χ1v) is 10.7. The number of benzene rings is 1. The zero-order valence-electron chi connectivity index (χ0n) is 14.2.